The number of nitrogens with zero attached hydrogens (tertiary/aromatic N) is 1. The molecule has 106 valence electrons. The predicted molar refractivity (Wildman–Crippen MR) is 79.7 cm³/mol. The molecule has 1 atom stereocenters. The fourth-order valence-electron chi connectivity index (χ4n) is 2.13. The minimum Gasteiger partial charge on any atom is -0.480 e. The highest BCUT2D eigenvalue weighted by molar-refractivity contribution is 5.82. The summed E-state index contributed by atoms with van der Waals surface area (Å²) in [5.74, 6) is -0.452. The highest BCUT2D eigenvalue weighted by Gasteiger charge is 2.19. The van der Waals surface area contributed by atoms with Gasteiger partial charge in [0, 0.05) is 11.1 Å². The van der Waals surface area contributed by atoms with E-state index in [4.69, 9.17) is 0 Å². The number of benzene rings is 1. The van der Waals surface area contributed by atoms with E-state index in [-0.39, 0.29) is 0 Å². The number of aromatic nitrogens is 1. The molecule has 20 heavy (non-hydrogen) atoms. The Morgan fingerprint density at radius 2 is 2.05 bits per heavy atom. The molecule has 0 aliphatic rings. The first kappa shape index (κ1) is 14.5. The van der Waals surface area contributed by atoms with Crippen molar-refractivity contribution in [3.63, 3.8) is 0 Å². The molecule has 2 N–H and O–H groups in total. The average Bonchev–Trinajstić information content (AvgIpc) is 2.38. The van der Waals surface area contributed by atoms with Crippen molar-refractivity contribution in [2.24, 2.45) is 5.92 Å². The summed E-state index contributed by atoms with van der Waals surface area (Å²) in [7, 11) is 0. The summed E-state index contributed by atoms with van der Waals surface area (Å²) in [6.45, 7) is 6.72. The normalized spacial score (nSPS) is 12.8. The zero-order chi connectivity index (χ0) is 14.7. The standard InChI is InChI=1S/C16H20N2O2/c1-10(2)9-17-15(16(19)20)13-6-7-14-12(8-13)5-4-11(3)18-14/h4-8,10,15,17H,9H2,1-3H3,(H,19,20). The maximum atomic E-state index is 11.4. The summed E-state index contributed by atoms with van der Waals surface area (Å²) in [4.78, 5) is 15.9. The summed E-state index contributed by atoms with van der Waals surface area (Å²) in [6.07, 6.45) is 0. The number of pyridine rings is 1. The van der Waals surface area contributed by atoms with Crippen LogP contribution in [-0.2, 0) is 4.79 Å². The Kier molecular flexibility index (Phi) is 4.35. The number of fused-ring (bicyclic) bond motifs is 1. The number of carbonyl (C=O) groups is 1. The molecule has 0 saturated carbocycles. The van der Waals surface area contributed by atoms with Gasteiger partial charge in [-0.3, -0.25) is 9.78 Å². The molecule has 1 aromatic heterocycles. The molecule has 1 heterocycles. The first-order chi connectivity index (χ1) is 9.47. The predicted octanol–water partition coefficient (Wildman–Crippen LogP) is 2.91. The first-order valence-corrected chi connectivity index (χ1v) is 6.81. The lowest BCUT2D eigenvalue weighted by Crippen LogP contribution is -2.31. The van der Waals surface area contributed by atoms with Crippen molar-refractivity contribution in [1.82, 2.24) is 10.3 Å². The van der Waals surface area contributed by atoms with Gasteiger partial charge in [0.2, 0.25) is 0 Å². The molecule has 0 radical (unpaired) electrons. The Bertz CT molecular complexity index is 623. The molecule has 2 aromatic rings. The third-order valence-corrected chi connectivity index (χ3v) is 3.16. The van der Waals surface area contributed by atoms with E-state index < -0.39 is 12.0 Å². The van der Waals surface area contributed by atoms with E-state index in [0.717, 1.165) is 22.2 Å². The maximum Gasteiger partial charge on any atom is 0.325 e. The summed E-state index contributed by atoms with van der Waals surface area (Å²) in [6, 6.07) is 8.84. The van der Waals surface area contributed by atoms with Crippen LogP contribution >= 0.6 is 0 Å². The molecule has 0 aliphatic heterocycles. The maximum absolute atomic E-state index is 11.4. The number of rotatable bonds is 5. The van der Waals surface area contributed by atoms with Gasteiger partial charge >= 0.3 is 5.97 Å². The van der Waals surface area contributed by atoms with Crippen LogP contribution in [0.3, 0.4) is 0 Å². The summed E-state index contributed by atoms with van der Waals surface area (Å²) < 4.78 is 0. The minimum atomic E-state index is -0.856. The number of aryl methyl sites for hydroxylation is 1. The molecule has 4 heteroatoms. The monoisotopic (exact) mass is 272 g/mol. The van der Waals surface area contributed by atoms with Gasteiger partial charge in [-0.15, -0.1) is 0 Å². The summed E-state index contributed by atoms with van der Waals surface area (Å²) in [5, 5.41) is 13.4. The van der Waals surface area contributed by atoms with Crippen LogP contribution in [0.1, 0.15) is 31.1 Å². The van der Waals surface area contributed by atoms with Crippen molar-refractivity contribution in [2.45, 2.75) is 26.8 Å². The Hall–Kier alpha value is -1.94. The third kappa shape index (κ3) is 3.33. The highest BCUT2D eigenvalue weighted by atomic mass is 16.4. The van der Waals surface area contributed by atoms with Crippen molar-refractivity contribution in [1.29, 1.82) is 0 Å². The summed E-state index contributed by atoms with van der Waals surface area (Å²) in [5.41, 5.74) is 2.61. The Balaban J connectivity index is 2.33. The van der Waals surface area contributed by atoms with Crippen molar-refractivity contribution in [2.75, 3.05) is 6.54 Å². The lowest BCUT2D eigenvalue weighted by atomic mass is 10.0. The van der Waals surface area contributed by atoms with Crippen molar-refractivity contribution < 1.29 is 9.90 Å². The molecule has 0 aliphatic carbocycles. The third-order valence-electron chi connectivity index (χ3n) is 3.16. The average molecular weight is 272 g/mol. The van der Waals surface area contributed by atoms with Crippen LogP contribution < -0.4 is 5.32 Å². The lowest BCUT2D eigenvalue weighted by Gasteiger charge is -2.17. The fourth-order valence-corrected chi connectivity index (χ4v) is 2.13. The Morgan fingerprint density at radius 1 is 1.30 bits per heavy atom. The smallest absolute Gasteiger partial charge is 0.325 e. The van der Waals surface area contributed by atoms with Crippen LogP contribution in [-0.4, -0.2) is 22.6 Å². The van der Waals surface area contributed by atoms with Gasteiger partial charge in [0.25, 0.3) is 0 Å². The molecule has 4 nitrogen and oxygen atoms in total. The van der Waals surface area contributed by atoms with Crippen LogP contribution in [0.5, 0.6) is 0 Å². The minimum absolute atomic E-state index is 0.404. The molecule has 0 saturated heterocycles. The number of carboxylic acid groups (broad SMARTS) is 1. The van der Waals surface area contributed by atoms with Crippen molar-refractivity contribution in [3.05, 3.63) is 41.6 Å². The second-order valence-electron chi connectivity index (χ2n) is 5.48. The lowest BCUT2D eigenvalue weighted by molar-refractivity contribution is -0.139. The van der Waals surface area contributed by atoms with E-state index in [9.17, 15) is 9.90 Å². The molecule has 0 bridgehead atoms. The Labute approximate surface area is 118 Å². The van der Waals surface area contributed by atoms with E-state index >= 15 is 0 Å². The molecule has 0 spiro atoms. The number of aliphatic carboxylic acids is 1. The van der Waals surface area contributed by atoms with Crippen LogP contribution in [0.15, 0.2) is 30.3 Å². The van der Waals surface area contributed by atoms with Gasteiger partial charge in [-0.05, 0) is 43.1 Å². The second kappa shape index (κ2) is 6.01. The number of nitrogens with one attached hydrogen (secondary N) is 1. The molecule has 0 amide bonds. The zero-order valence-corrected chi connectivity index (χ0v) is 12.1. The Morgan fingerprint density at radius 3 is 2.70 bits per heavy atom. The van der Waals surface area contributed by atoms with Gasteiger partial charge < -0.3 is 10.4 Å². The van der Waals surface area contributed by atoms with Crippen LogP contribution in [0, 0.1) is 12.8 Å². The molecule has 1 unspecified atom stereocenters. The van der Waals surface area contributed by atoms with E-state index in [1.165, 1.54) is 0 Å². The van der Waals surface area contributed by atoms with E-state index in [1.54, 1.807) is 0 Å². The topological polar surface area (TPSA) is 62.2 Å². The number of hydrogen-bond acceptors (Lipinski definition) is 3. The van der Waals surface area contributed by atoms with E-state index in [1.807, 2.05) is 37.3 Å². The number of carboxylic acids is 1. The molecular formula is C16H20N2O2. The first-order valence-electron chi connectivity index (χ1n) is 6.81. The second-order valence-corrected chi connectivity index (χ2v) is 5.48. The van der Waals surface area contributed by atoms with Crippen LogP contribution in [0.25, 0.3) is 10.9 Å². The fraction of sp³-hybridized carbons (Fsp3) is 0.375. The largest absolute Gasteiger partial charge is 0.480 e. The van der Waals surface area contributed by atoms with Gasteiger partial charge in [-0.25, -0.2) is 0 Å². The van der Waals surface area contributed by atoms with Gasteiger partial charge in [0.1, 0.15) is 6.04 Å². The van der Waals surface area contributed by atoms with E-state index in [2.05, 4.69) is 24.1 Å². The molecule has 2 rings (SSSR count). The van der Waals surface area contributed by atoms with Crippen molar-refractivity contribution in [3.8, 4) is 0 Å². The van der Waals surface area contributed by atoms with Gasteiger partial charge in [-0.1, -0.05) is 26.0 Å². The van der Waals surface area contributed by atoms with Gasteiger partial charge in [-0.2, -0.15) is 0 Å². The molecule has 0 fully saturated rings. The zero-order valence-electron chi connectivity index (χ0n) is 12.1. The molecule has 1 aromatic carbocycles. The molecular weight excluding hydrogens is 252 g/mol. The van der Waals surface area contributed by atoms with Crippen LogP contribution in [0.4, 0.5) is 0 Å². The van der Waals surface area contributed by atoms with Crippen molar-refractivity contribution >= 4 is 16.9 Å². The van der Waals surface area contributed by atoms with E-state index in [0.29, 0.717) is 12.5 Å². The van der Waals surface area contributed by atoms with Crippen LogP contribution in [0.2, 0.25) is 0 Å². The number of hydrogen-bond donors (Lipinski definition) is 2. The van der Waals surface area contributed by atoms with Gasteiger partial charge in [0.15, 0.2) is 0 Å². The SMILES string of the molecule is Cc1ccc2cc(C(NCC(C)C)C(=O)O)ccc2n1. The summed E-state index contributed by atoms with van der Waals surface area (Å²) >= 11 is 0. The highest BCUT2D eigenvalue weighted by Crippen LogP contribution is 2.20. The quantitative estimate of drug-likeness (QED) is 0.878. The van der Waals surface area contributed by atoms with Gasteiger partial charge in [0.05, 0.1) is 5.52 Å².